The molecule has 0 heterocycles. The molecule has 62 heavy (non-hydrogen) atoms. The Kier molecular flexibility index (Phi) is 9.24. The second kappa shape index (κ2) is 15.4. The lowest BCUT2D eigenvalue weighted by Crippen LogP contribution is -2.14. The van der Waals surface area contributed by atoms with Crippen molar-refractivity contribution in [3.8, 4) is 66.8 Å². The Bertz CT molecular complexity index is 3230. The van der Waals surface area contributed by atoms with Gasteiger partial charge in [0.1, 0.15) is 0 Å². The third-order valence-corrected chi connectivity index (χ3v) is 12.9. The predicted octanol–water partition coefficient (Wildman–Crippen LogP) is 17.0. The molecule has 0 amide bonds. The molecular formula is C61H45N. The zero-order valence-corrected chi connectivity index (χ0v) is 35.0. The summed E-state index contributed by atoms with van der Waals surface area (Å²) in [4.78, 5) is 2.45. The van der Waals surface area contributed by atoms with E-state index in [9.17, 15) is 0 Å². The molecule has 1 heteroatoms. The Labute approximate surface area is 364 Å². The molecule has 0 fully saturated rings. The van der Waals surface area contributed by atoms with Gasteiger partial charge in [-0.1, -0.05) is 214 Å². The molecule has 0 saturated carbocycles. The standard InChI is InChI=1S/C61H45N/c1-61(2)57-29-14-13-25-54(57)56-41-47(35-40-58(56)61)42-31-36-48(37-32-42)62(49-38-33-46(34-39-49)51-27-15-22-44-21-9-10-23-50(44)51)59-30-16-28-53(45-19-7-4-8-20-45)60(59)55-26-12-11-24-52(55)43-17-5-3-6-18-43/h3-41H,1-2H3. The second-order valence-electron chi connectivity index (χ2n) is 16.9. The van der Waals surface area contributed by atoms with Crippen molar-refractivity contribution in [1.29, 1.82) is 0 Å². The Balaban J connectivity index is 1.10. The molecule has 1 aliphatic rings. The van der Waals surface area contributed by atoms with Gasteiger partial charge in [0, 0.05) is 22.4 Å². The van der Waals surface area contributed by atoms with Gasteiger partial charge in [-0.15, -0.1) is 0 Å². The molecule has 10 aromatic carbocycles. The number of hydrogen-bond donors (Lipinski definition) is 0. The van der Waals surface area contributed by atoms with Crippen LogP contribution in [0.2, 0.25) is 0 Å². The summed E-state index contributed by atoms with van der Waals surface area (Å²) in [6, 6.07) is 86.6. The number of rotatable bonds is 8. The van der Waals surface area contributed by atoms with Gasteiger partial charge in [0.15, 0.2) is 0 Å². The maximum Gasteiger partial charge on any atom is 0.0546 e. The first kappa shape index (κ1) is 37.3. The summed E-state index contributed by atoms with van der Waals surface area (Å²) in [7, 11) is 0. The van der Waals surface area contributed by atoms with Gasteiger partial charge in [0.25, 0.3) is 0 Å². The van der Waals surface area contributed by atoms with E-state index in [-0.39, 0.29) is 5.41 Å². The van der Waals surface area contributed by atoms with Gasteiger partial charge in [0.2, 0.25) is 0 Å². The van der Waals surface area contributed by atoms with E-state index in [4.69, 9.17) is 0 Å². The number of anilines is 3. The molecule has 1 aliphatic carbocycles. The highest BCUT2D eigenvalue weighted by molar-refractivity contribution is 6.02. The van der Waals surface area contributed by atoms with Crippen molar-refractivity contribution in [3.63, 3.8) is 0 Å². The third kappa shape index (κ3) is 6.42. The summed E-state index contributed by atoms with van der Waals surface area (Å²) < 4.78 is 0. The van der Waals surface area contributed by atoms with Gasteiger partial charge >= 0.3 is 0 Å². The van der Waals surface area contributed by atoms with Gasteiger partial charge in [-0.25, -0.2) is 0 Å². The van der Waals surface area contributed by atoms with Gasteiger partial charge < -0.3 is 4.90 Å². The van der Waals surface area contributed by atoms with Gasteiger partial charge in [-0.3, -0.25) is 0 Å². The summed E-state index contributed by atoms with van der Waals surface area (Å²) in [5, 5.41) is 2.50. The van der Waals surface area contributed by atoms with Crippen LogP contribution < -0.4 is 4.90 Å². The third-order valence-electron chi connectivity index (χ3n) is 12.9. The van der Waals surface area contributed by atoms with Crippen molar-refractivity contribution in [2.24, 2.45) is 0 Å². The molecule has 1 nitrogen and oxygen atoms in total. The smallest absolute Gasteiger partial charge is 0.0546 e. The minimum absolute atomic E-state index is 0.0247. The van der Waals surface area contributed by atoms with Crippen LogP contribution >= 0.6 is 0 Å². The molecular weight excluding hydrogens is 747 g/mol. The highest BCUT2D eigenvalue weighted by Crippen LogP contribution is 2.51. The van der Waals surface area contributed by atoms with Crippen LogP contribution in [-0.2, 0) is 5.41 Å². The molecule has 0 spiro atoms. The quantitative estimate of drug-likeness (QED) is 0.148. The van der Waals surface area contributed by atoms with Gasteiger partial charge in [-0.2, -0.15) is 0 Å². The number of fused-ring (bicyclic) bond motifs is 4. The van der Waals surface area contributed by atoms with E-state index in [1.807, 2.05) is 0 Å². The summed E-state index contributed by atoms with van der Waals surface area (Å²) in [5.74, 6) is 0. The fraction of sp³-hybridized carbons (Fsp3) is 0.0492. The fourth-order valence-corrected chi connectivity index (χ4v) is 9.84. The van der Waals surface area contributed by atoms with Crippen LogP contribution in [0.3, 0.4) is 0 Å². The number of hydrogen-bond acceptors (Lipinski definition) is 1. The lowest BCUT2D eigenvalue weighted by molar-refractivity contribution is 0.660. The van der Waals surface area contributed by atoms with Crippen LogP contribution in [0.5, 0.6) is 0 Å². The van der Waals surface area contributed by atoms with Crippen molar-refractivity contribution in [1.82, 2.24) is 0 Å². The number of nitrogens with zero attached hydrogens (tertiary/aromatic N) is 1. The Hall–Kier alpha value is -7.74. The topological polar surface area (TPSA) is 3.24 Å². The van der Waals surface area contributed by atoms with Crippen molar-refractivity contribution in [2.75, 3.05) is 4.90 Å². The molecule has 0 saturated heterocycles. The van der Waals surface area contributed by atoms with Gasteiger partial charge in [0.05, 0.1) is 5.69 Å². The first-order chi connectivity index (χ1) is 30.5. The molecule has 0 atom stereocenters. The summed E-state index contributed by atoms with van der Waals surface area (Å²) in [5.41, 5.74) is 20.6. The number of benzene rings is 10. The maximum atomic E-state index is 2.45. The van der Waals surface area contributed by atoms with Crippen molar-refractivity contribution in [2.45, 2.75) is 19.3 Å². The molecule has 0 aliphatic heterocycles. The van der Waals surface area contributed by atoms with Crippen LogP contribution in [0.1, 0.15) is 25.0 Å². The van der Waals surface area contributed by atoms with Crippen LogP contribution in [0, 0.1) is 0 Å². The van der Waals surface area contributed by atoms with Gasteiger partial charge in [-0.05, 0) is 119 Å². The first-order valence-corrected chi connectivity index (χ1v) is 21.6. The van der Waals surface area contributed by atoms with Crippen LogP contribution in [0.25, 0.3) is 77.5 Å². The van der Waals surface area contributed by atoms with Crippen LogP contribution in [0.4, 0.5) is 17.1 Å². The van der Waals surface area contributed by atoms with E-state index < -0.39 is 0 Å². The fourth-order valence-electron chi connectivity index (χ4n) is 9.84. The largest absolute Gasteiger partial charge is 0.310 e. The summed E-state index contributed by atoms with van der Waals surface area (Å²) >= 11 is 0. The molecule has 11 rings (SSSR count). The van der Waals surface area contributed by atoms with Crippen molar-refractivity contribution in [3.05, 3.63) is 248 Å². The molecule has 0 aromatic heterocycles. The lowest BCUT2D eigenvalue weighted by atomic mass is 9.82. The average Bonchev–Trinajstić information content (AvgIpc) is 3.57. The Morgan fingerprint density at radius 2 is 0.790 bits per heavy atom. The summed E-state index contributed by atoms with van der Waals surface area (Å²) in [6.45, 7) is 4.68. The van der Waals surface area contributed by atoms with E-state index in [0.29, 0.717) is 0 Å². The van der Waals surface area contributed by atoms with E-state index >= 15 is 0 Å². The average molecular weight is 792 g/mol. The molecule has 0 N–H and O–H groups in total. The SMILES string of the molecule is CC1(C)c2ccccc2-c2cc(-c3ccc(N(c4ccc(-c5cccc6ccccc56)cc4)c4cccc(-c5ccccc5)c4-c4ccccc4-c4ccccc4)cc3)ccc21. The molecule has 294 valence electrons. The Morgan fingerprint density at radius 1 is 0.306 bits per heavy atom. The predicted molar refractivity (Wildman–Crippen MR) is 263 cm³/mol. The lowest BCUT2D eigenvalue weighted by Gasteiger charge is -2.30. The highest BCUT2D eigenvalue weighted by atomic mass is 15.1. The Morgan fingerprint density at radius 3 is 1.52 bits per heavy atom. The zero-order chi connectivity index (χ0) is 41.6. The van der Waals surface area contributed by atoms with Crippen molar-refractivity contribution >= 4 is 27.8 Å². The molecule has 10 aromatic rings. The molecule has 0 unspecified atom stereocenters. The minimum atomic E-state index is -0.0247. The zero-order valence-electron chi connectivity index (χ0n) is 35.0. The second-order valence-corrected chi connectivity index (χ2v) is 16.9. The van der Waals surface area contributed by atoms with E-state index in [1.165, 1.54) is 88.7 Å². The van der Waals surface area contributed by atoms with Crippen LogP contribution in [0.15, 0.2) is 237 Å². The van der Waals surface area contributed by atoms with Crippen LogP contribution in [-0.4, -0.2) is 0 Å². The summed E-state index contributed by atoms with van der Waals surface area (Å²) in [6.07, 6.45) is 0. The normalized spacial score (nSPS) is 12.5. The van der Waals surface area contributed by atoms with Crippen molar-refractivity contribution < 1.29 is 0 Å². The monoisotopic (exact) mass is 791 g/mol. The minimum Gasteiger partial charge on any atom is -0.310 e. The maximum absolute atomic E-state index is 2.45. The highest BCUT2D eigenvalue weighted by Gasteiger charge is 2.35. The first-order valence-electron chi connectivity index (χ1n) is 21.6. The molecule has 0 radical (unpaired) electrons. The van der Waals surface area contributed by atoms with E-state index in [2.05, 4.69) is 255 Å². The van der Waals surface area contributed by atoms with E-state index in [1.54, 1.807) is 0 Å². The van der Waals surface area contributed by atoms with E-state index in [0.717, 1.165) is 17.1 Å². The molecule has 0 bridgehead atoms.